The number of rotatable bonds is 7. The minimum Gasteiger partial charge on any atom is -0.383 e. The summed E-state index contributed by atoms with van der Waals surface area (Å²) < 4.78 is 5.06. The SMILES string of the molecule is CCC(C)N(CCOC)C(=O)c1cnccc1NN. The predicted molar refractivity (Wildman–Crippen MR) is 74.7 cm³/mol. The number of ether oxygens (including phenoxy) is 1. The zero-order valence-electron chi connectivity index (χ0n) is 11.7. The Morgan fingerprint density at radius 3 is 2.95 bits per heavy atom. The largest absolute Gasteiger partial charge is 0.383 e. The fourth-order valence-electron chi connectivity index (χ4n) is 1.78. The first-order valence-corrected chi connectivity index (χ1v) is 6.36. The second kappa shape index (κ2) is 7.70. The van der Waals surface area contributed by atoms with E-state index in [1.54, 1.807) is 24.3 Å². The maximum absolute atomic E-state index is 12.6. The monoisotopic (exact) mass is 266 g/mol. The Labute approximate surface area is 113 Å². The van der Waals surface area contributed by atoms with E-state index in [2.05, 4.69) is 10.4 Å². The topological polar surface area (TPSA) is 80.5 Å². The smallest absolute Gasteiger partial charge is 0.257 e. The summed E-state index contributed by atoms with van der Waals surface area (Å²) in [7, 11) is 1.62. The molecule has 0 aliphatic rings. The van der Waals surface area contributed by atoms with Gasteiger partial charge in [-0.2, -0.15) is 0 Å². The molecule has 3 N–H and O–H groups in total. The highest BCUT2D eigenvalue weighted by Gasteiger charge is 2.22. The first kappa shape index (κ1) is 15.4. The van der Waals surface area contributed by atoms with Gasteiger partial charge in [-0.05, 0) is 19.4 Å². The summed E-state index contributed by atoms with van der Waals surface area (Å²) in [6, 6.07) is 1.81. The van der Waals surface area contributed by atoms with E-state index >= 15 is 0 Å². The molecule has 0 aliphatic carbocycles. The van der Waals surface area contributed by atoms with Crippen molar-refractivity contribution in [1.29, 1.82) is 0 Å². The van der Waals surface area contributed by atoms with E-state index in [9.17, 15) is 4.79 Å². The fourth-order valence-corrected chi connectivity index (χ4v) is 1.78. The van der Waals surface area contributed by atoms with Gasteiger partial charge in [0.15, 0.2) is 0 Å². The Bertz CT molecular complexity index is 411. The van der Waals surface area contributed by atoms with Crippen LogP contribution in [-0.4, -0.2) is 42.1 Å². The molecule has 6 nitrogen and oxygen atoms in total. The number of nitrogens with zero attached hydrogens (tertiary/aromatic N) is 2. The van der Waals surface area contributed by atoms with Crippen molar-refractivity contribution < 1.29 is 9.53 Å². The van der Waals surface area contributed by atoms with Crippen molar-refractivity contribution in [2.24, 2.45) is 5.84 Å². The summed E-state index contributed by atoms with van der Waals surface area (Å²) in [5, 5.41) is 0. The molecular weight excluding hydrogens is 244 g/mol. The molecule has 1 atom stereocenters. The minimum atomic E-state index is -0.0903. The van der Waals surface area contributed by atoms with Gasteiger partial charge in [0.25, 0.3) is 5.91 Å². The maximum Gasteiger partial charge on any atom is 0.257 e. The Morgan fingerprint density at radius 1 is 1.63 bits per heavy atom. The van der Waals surface area contributed by atoms with Gasteiger partial charge in [-0.3, -0.25) is 15.6 Å². The number of nitrogens with one attached hydrogen (secondary N) is 1. The number of nitrogen functional groups attached to an aromatic ring is 1. The maximum atomic E-state index is 12.6. The van der Waals surface area contributed by atoms with Crippen molar-refractivity contribution in [2.45, 2.75) is 26.3 Å². The van der Waals surface area contributed by atoms with E-state index in [1.807, 2.05) is 13.8 Å². The van der Waals surface area contributed by atoms with E-state index in [-0.39, 0.29) is 11.9 Å². The van der Waals surface area contributed by atoms with Crippen LogP contribution in [0.2, 0.25) is 0 Å². The lowest BCUT2D eigenvalue weighted by Gasteiger charge is -2.29. The average Bonchev–Trinajstić information content (AvgIpc) is 2.46. The van der Waals surface area contributed by atoms with Crippen LogP contribution >= 0.6 is 0 Å². The van der Waals surface area contributed by atoms with Crippen LogP contribution in [0.4, 0.5) is 5.69 Å². The average molecular weight is 266 g/mol. The number of hydrogen-bond acceptors (Lipinski definition) is 5. The second-order valence-corrected chi connectivity index (χ2v) is 4.31. The molecule has 0 fully saturated rings. The number of amides is 1. The van der Waals surface area contributed by atoms with Crippen LogP contribution in [0.15, 0.2) is 18.5 Å². The van der Waals surface area contributed by atoms with E-state index in [1.165, 1.54) is 6.20 Å². The van der Waals surface area contributed by atoms with Crippen molar-refractivity contribution in [1.82, 2.24) is 9.88 Å². The lowest BCUT2D eigenvalue weighted by Crippen LogP contribution is -2.41. The molecule has 6 heteroatoms. The number of carbonyl (C=O) groups excluding carboxylic acids is 1. The van der Waals surface area contributed by atoms with Crippen LogP contribution in [0, 0.1) is 0 Å². The molecule has 0 spiro atoms. The first-order valence-electron chi connectivity index (χ1n) is 6.36. The summed E-state index contributed by atoms with van der Waals surface area (Å²) in [5.41, 5.74) is 3.57. The van der Waals surface area contributed by atoms with E-state index in [4.69, 9.17) is 10.6 Å². The third-order valence-corrected chi connectivity index (χ3v) is 3.13. The Kier molecular flexibility index (Phi) is 6.24. The molecule has 1 aromatic rings. The summed E-state index contributed by atoms with van der Waals surface area (Å²) in [6.45, 7) is 5.10. The molecule has 1 heterocycles. The van der Waals surface area contributed by atoms with Gasteiger partial charge in [-0.15, -0.1) is 0 Å². The molecule has 0 aromatic carbocycles. The molecule has 1 unspecified atom stereocenters. The fraction of sp³-hybridized carbons (Fsp3) is 0.538. The van der Waals surface area contributed by atoms with Crippen molar-refractivity contribution in [2.75, 3.05) is 25.7 Å². The number of hydrogen-bond donors (Lipinski definition) is 2. The number of aromatic nitrogens is 1. The second-order valence-electron chi connectivity index (χ2n) is 4.31. The van der Waals surface area contributed by atoms with Crippen LogP contribution in [0.3, 0.4) is 0 Å². The van der Waals surface area contributed by atoms with Gasteiger partial charge in [0.2, 0.25) is 0 Å². The van der Waals surface area contributed by atoms with Gasteiger partial charge < -0.3 is 15.1 Å². The minimum absolute atomic E-state index is 0.0903. The number of methoxy groups -OCH3 is 1. The molecule has 0 bridgehead atoms. The van der Waals surface area contributed by atoms with Crippen LogP contribution in [0.1, 0.15) is 30.6 Å². The van der Waals surface area contributed by atoms with Gasteiger partial charge in [0, 0.05) is 32.1 Å². The molecule has 0 saturated carbocycles. The molecule has 1 amide bonds. The molecule has 1 rings (SSSR count). The molecule has 0 aliphatic heterocycles. The lowest BCUT2D eigenvalue weighted by atomic mass is 10.1. The third-order valence-electron chi connectivity index (χ3n) is 3.13. The van der Waals surface area contributed by atoms with Gasteiger partial charge in [0.05, 0.1) is 17.9 Å². The lowest BCUT2D eigenvalue weighted by molar-refractivity contribution is 0.0614. The van der Waals surface area contributed by atoms with Crippen molar-refractivity contribution in [3.63, 3.8) is 0 Å². The summed E-state index contributed by atoms with van der Waals surface area (Å²) in [6.07, 6.45) is 4.00. The normalized spacial score (nSPS) is 12.0. The Morgan fingerprint density at radius 2 is 2.37 bits per heavy atom. The van der Waals surface area contributed by atoms with Crippen LogP contribution in [-0.2, 0) is 4.74 Å². The van der Waals surface area contributed by atoms with Gasteiger partial charge in [0.1, 0.15) is 0 Å². The Hall–Kier alpha value is -1.66. The van der Waals surface area contributed by atoms with Gasteiger partial charge >= 0.3 is 0 Å². The molecule has 1 aromatic heterocycles. The van der Waals surface area contributed by atoms with Gasteiger partial charge in [-0.25, -0.2) is 0 Å². The van der Waals surface area contributed by atoms with Crippen LogP contribution in [0.5, 0.6) is 0 Å². The van der Waals surface area contributed by atoms with Crippen molar-refractivity contribution in [3.05, 3.63) is 24.0 Å². The van der Waals surface area contributed by atoms with Crippen molar-refractivity contribution in [3.8, 4) is 0 Å². The first-order chi connectivity index (χ1) is 9.15. The highest BCUT2D eigenvalue weighted by Crippen LogP contribution is 2.17. The van der Waals surface area contributed by atoms with Crippen molar-refractivity contribution >= 4 is 11.6 Å². The van der Waals surface area contributed by atoms with E-state index < -0.39 is 0 Å². The Balaban J connectivity index is 2.97. The zero-order chi connectivity index (χ0) is 14.3. The molecule has 0 radical (unpaired) electrons. The number of nitrogens with two attached hydrogens (primary N) is 1. The van der Waals surface area contributed by atoms with E-state index in [0.717, 1.165) is 6.42 Å². The summed E-state index contributed by atoms with van der Waals surface area (Å²) in [4.78, 5) is 18.3. The van der Waals surface area contributed by atoms with E-state index in [0.29, 0.717) is 24.4 Å². The number of carbonyl (C=O) groups is 1. The predicted octanol–water partition coefficient (Wildman–Crippen LogP) is 1.25. The number of pyridine rings is 1. The number of hydrazine groups is 1. The summed E-state index contributed by atoms with van der Waals surface area (Å²) >= 11 is 0. The number of anilines is 1. The zero-order valence-corrected chi connectivity index (χ0v) is 11.7. The molecular formula is C13H22N4O2. The van der Waals surface area contributed by atoms with Crippen LogP contribution < -0.4 is 11.3 Å². The molecule has 106 valence electrons. The quantitative estimate of drug-likeness (QED) is 0.573. The van der Waals surface area contributed by atoms with Gasteiger partial charge in [-0.1, -0.05) is 6.92 Å². The third kappa shape index (κ3) is 3.90. The van der Waals surface area contributed by atoms with Crippen LogP contribution in [0.25, 0.3) is 0 Å². The standard InChI is InChI=1S/C13H22N4O2/c1-4-10(2)17(7-8-19-3)13(18)11-9-15-6-5-12(11)16-14/h5-6,9-10H,4,7-8,14H2,1-3H3,(H,15,16). The molecule has 0 saturated heterocycles. The summed E-state index contributed by atoms with van der Waals surface area (Å²) in [5.74, 6) is 5.33. The molecule has 19 heavy (non-hydrogen) atoms. The highest BCUT2D eigenvalue weighted by molar-refractivity contribution is 5.99. The highest BCUT2D eigenvalue weighted by atomic mass is 16.5.